The molecule has 1 heterocycles. The molecule has 1 aliphatic rings. The molecule has 2 rings (SSSR count). The van der Waals surface area contributed by atoms with E-state index in [1.807, 2.05) is 13.8 Å². The van der Waals surface area contributed by atoms with Crippen molar-refractivity contribution in [2.24, 2.45) is 0 Å². The van der Waals surface area contributed by atoms with Crippen molar-refractivity contribution in [3.05, 3.63) is 22.2 Å². The van der Waals surface area contributed by atoms with Crippen molar-refractivity contribution in [2.45, 2.75) is 32.6 Å². The number of benzene rings is 1. The lowest BCUT2D eigenvalue weighted by Crippen LogP contribution is -2.03. The molecule has 0 saturated carbocycles. The first-order chi connectivity index (χ1) is 8.65. The second-order valence-corrected chi connectivity index (χ2v) is 4.99. The smallest absolute Gasteiger partial charge is 0.164 e. The van der Waals surface area contributed by atoms with Gasteiger partial charge in [0.25, 0.3) is 0 Å². The maximum Gasteiger partial charge on any atom is 0.164 e. The van der Waals surface area contributed by atoms with Gasteiger partial charge in [0.05, 0.1) is 13.2 Å². The monoisotopic (exact) mass is 268 g/mol. The van der Waals surface area contributed by atoms with Gasteiger partial charge in [0.2, 0.25) is 0 Å². The molecule has 98 valence electrons. The molecule has 1 aromatic rings. The van der Waals surface area contributed by atoms with Crippen LogP contribution < -0.4 is 9.47 Å². The molecular formula is C14H17ClO3. The van der Waals surface area contributed by atoms with Crippen molar-refractivity contribution in [3.63, 3.8) is 0 Å². The Bertz CT molecular complexity index is 457. The number of hydrogen-bond acceptors (Lipinski definition) is 3. The van der Waals surface area contributed by atoms with E-state index in [0.29, 0.717) is 30.4 Å². The fraction of sp³-hybridized carbons (Fsp3) is 0.500. The minimum absolute atomic E-state index is 0.0900. The first kappa shape index (κ1) is 13.2. The van der Waals surface area contributed by atoms with E-state index in [-0.39, 0.29) is 5.92 Å². The summed E-state index contributed by atoms with van der Waals surface area (Å²) in [7, 11) is 0. The zero-order valence-electron chi connectivity index (χ0n) is 10.7. The van der Waals surface area contributed by atoms with E-state index >= 15 is 0 Å². The van der Waals surface area contributed by atoms with Gasteiger partial charge in [0, 0.05) is 23.9 Å². The Hall–Kier alpha value is -1.22. The fourth-order valence-corrected chi connectivity index (χ4v) is 2.74. The first-order valence-corrected chi connectivity index (χ1v) is 6.55. The van der Waals surface area contributed by atoms with Gasteiger partial charge in [-0.1, -0.05) is 18.5 Å². The molecule has 0 spiro atoms. The summed E-state index contributed by atoms with van der Waals surface area (Å²) in [5.74, 6) is 1.56. The largest absolute Gasteiger partial charge is 0.489 e. The van der Waals surface area contributed by atoms with Crippen LogP contribution in [0.3, 0.4) is 0 Å². The number of aldehydes is 1. The predicted octanol–water partition coefficient (Wildman–Crippen LogP) is 3.50. The quantitative estimate of drug-likeness (QED) is 0.787. The van der Waals surface area contributed by atoms with Crippen molar-refractivity contribution in [3.8, 4) is 11.5 Å². The number of rotatable bonds is 3. The number of fused-ring (bicyclic) bond motifs is 1. The summed E-state index contributed by atoms with van der Waals surface area (Å²) in [5.41, 5.74) is 1.96. The van der Waals surface area contributed by atoms with Crippen LogP contribution >= 0.6 is 11.6 Å². The van der Waals surface area contributed by atoms with Gasteiger partial charge in [-0.25, -0.2) is 0 Å². The van der Waals surface area contributed by atoms with Gasteiger partial charge in [-0.3, -0.25) is 0 Å². The van der Waals surface area contributed by atoms with Crippen LogP contribution in [0.4, 0.5) is 0 Å². The summed E-state index contributed by atoms with van der Waals surface area (Å²) in [6, 6.07) is 1.80. The third kappa shape index (κ3) is 2.46. The van der Waals surface area contributed by atoms with Gasteiger partial charge in [-0.15, -0.1) is 0 Å². The summed E-state index contributed by atoms with van der Waals surface area (Å²) < 4.78 is 11.4. The van der Waals surface area contributed by atoms with E-state index < -0.39 is 0 Å². The third-order valence-electron chi connectivity index (χ3n) is 3.22. The second-order valence-electron chi connectivity index (χ2n) is 4.58. The standard InChI is InChI=1S/C14H17ClO3/c1-9(4-5-16)13-10(2)14-12(8-11(13)15)17-6-3-7-18-14/h5,8-9H,3-4,6-7H2,1-2H3. The molecule has 18 heavy (non-hydrogen) atoms. The zero-order chi connectivity index (χ0) is 13.1. The van der Waals surface area contributed by atoms with Gasteiger partial charge in [0.15, 0.2) is 11.5 Å². The van der Waals surface area contributed by atoms with E-state index in [4.69, 9.17) is 21.1 Å². The third-order valence-corrected chi connectivity index (χ3v) is 3.53. The van der Waals surface area contributed by atoms with E-state index in [2.05, 4.69) is 0 Å². The van der Waals surface area contributed by atoms with Crippen LogP contribution in [0.1, 0.15) is 36.8 Å². The van der Waals surface area contributed by atoms with E-state index in [0.717, 1.165) is 29.6 Å². The molecule has 0 aliphatic carbocycles. The highest BCUT2D eigenvalue weighted by Gasteiger charge is 2.21. The fourth-order valence-electron chi connectivity index (χ4n) is 2.31. The van der Waals surface area contributed by atoms with E-state index in [1.165, 1.54) is 0 Å². The highest BCUT2D eigenvalue weighted by atomic mass is 35.5. The van der Waals surface area contributed by atoms with Gasteiger partial charge in [-0.05, 0) is 24.0 Å². The molecule has 1 aliphatic heterocycles. The van der Waals surface area contributed by atoms with Gasteiger partial charge in [0.1, 0.15) is 6.29 Å². The number of hydrogen-bond donors (Lipinski definition) is 0. The highest BCUT2D eigenvalue weighted by molar-refractivity contribution is 6.31. The number of carbonyl (C=O) groups is 1. The summed E-state index contributed by atoms with van der Waals surface area (Å²) in [6.45, 7) is 5.26. The lowest BCUT2D eigenvalue weighted by atomic mass is 9.93. The molecule has 0 bridgehead atoms. The van der Waals surface area contributed by atoms with Crippen LogP contribution in [0.15, 0.2) is 6.07 Å². The molecule has 1 aromatic carbocycles. The van der Waals surface area contributed by atoms with Crippen LogP contribution in [0, 0.1) is 6.92 Å². The van der Waals surface area contributed by atoms with Crippen LogP contribution in [0.5, 0.6) is 11.5 Å². The normalized spacial score (nSPS) is 15.9. The predicted molar refractivity (Wildman–Crippen MR) is 70.9 cm³/mol. The van der Waals surface area contributed by atoms with Crippen LogP contribution in [-0.4, -0.2) is 19.5 Å². The maximum absolute atomic E-state index is 10.7. The van der Waals surface area contributed by atoms with Crippen molar-refractivity contribution in [2.75, 3.05) is 13.2 Å². The molecule has 1 unspecified atom stereocenters. The Labute approximate surface area is 112 Å². The lowest BCUT2D eigenvalue weighted by Gasteiger charge is -2.19. The molecule has 4 heteroatoms. The van der Waals surface area contributed by atoms with Crippen LogP contribution in [0.25, 0.3) is 0 Å². The Morgan fingerprint density at radius 2 is 2.17 bits per heavy atom. The Morgan fingerprint density at radius 3 is 2.89 bits per heavy atom. The van der Waals surface area contributed by atoms with Gasteiger partial charge in [-0.2, -0.15) is 0 Å². The molecular weight excluding hydrogens is 252 g/mol. The molecule has 0 amide bonds. The Kier molecular flexibility index (Phi) is 4.12. The topological polar surface area (TPSA) is 35.5 Å². The molecule has 0 aromatic heterocycles. The summed E-state index contributed by atoms with van der Waals surface area (Å²) in [6.07, 6.45) is 2.24. The van der Waals surface area contributed by atoms with Crippen molar-refractivity contribution in [1.29, 1.82) is 0 Å². The zero-order valence-corrected chi connectivity index (χ0v) is 11.4. The minimum atomic E-state index is 0.0900. The van der Waals surface area contributed by atoms with Gasteiger partial charge < -0.3 is 14.3 Å². The van der Waals surface area contributed by atoms with E-state index in [1.54, 1.807) is 6.07 Å². The number of halogens is 1. The molecule has 0 saturated heterocycles. The molecule has 3 nitrogen and oxygen atoms in total. The van der Waals surface area contributed by atoms with Crippen molar-refractivity contribution >= 4 is 17.9 Å². The Morgan fingerprint density at radius 1 is 1.44 bits per heavy atom. The average molecular weight is 269 g/mol. The van der Waals surface area contributed by atoms with Crippen molar-refractivity contribution in [1.82, 2.24) is 0 Å². The average Bonchev–Trinajstić information content (AvgIpc) is 2.54. The maximum atomic E-state index is 10.7. The first-order valence-electron chi connectivity index (χ1n) is 6.17. The molecule has 0 fully saturated rings. The molecule has 0 radical (unpaired) electrons. The summed E-state index contributed by atoms with van der Waals surface area (Å²) >= 11 is 6.30. The summed E-state index contributed by atoms with van der Waals surface area (Å²) in [4.78, 5) is 10.7. The highest BCUT2D eigenvalue weighted by Crippen LogP contribution is 2.42. The molecule has 1 atom stereocenters. The Balaban J connectivity index is 2.48. The van der Waals surface area contributed by atoms with Crippen LogP contribution in [-0.2, 0) is 4.79 Å². The minimum Gasteiger partial charge on any atom is -0.489 e. The van der Waals surface area contributed by atoms with E-state index in [9.17, 15) is 4.79 Å². The SMILES string of the molecule is Cc1c2c(cc(Cl)c1C(C)CC=O)OCCCO2. The number of carbonyl (C=O) groups excluding carboxylic acids is 1. The van der Waals surface area contributed by atoms with Crippen molar-refractivity contribution < 1.29 is 14.3 Å². The van der Waals surface area contributed by atoms with Gasteiger partial charge >= 0.3 is 0 Å². The summed E-state index contributed by atoms with van der Waals surface area (Å²) in [5, 5.41) is 0.645. The molecule has 0 N–H and O–H groups in total. The number of ether oxygens (including phenoxy) is 2. The van der Waals surface area contributed by atoms with Crippen LogP contribution in [0.2, 0.25) is 5.02 Å². The second kappa shape index (κ2) is 5.61. The lowest BCUT2D eigenvalue weighted by molar-refractivity contribution is -0.108.